The molecule has 9 aromatic carbocycles. The van der Waals surface area contributed by atoms with Gasteiger partial charge in [0.25, 0.3) is 0 Å². The number of nitrogens with zero attached hydrogens (tertiary/aromatic N) is 1. The van der Waals surface area contributed by atoms with Gasteiger partial charge in [-0.3, -0.25) is 0 Å². The van der Waals surface area contributed by atoms with Crippen LogP contribution in [0.5, 0.6) is 0 Å². The van der Waals surface area contributed by atoms with Crippen molar-refractivity contribution in [2.75, 3.05) is 4.90 Å². The summed E-state index contributed by atoms with van der Waals surface area (Å²) in [6.45, 7) is 0. The van der Waals surface area contributed by atoms with E-state index in [-0.39, 0.29) is 0 Å². The lowest BCUT2D eigenvalue weighted by Crippen LogP contribution is -2.29. The molecule has 10 aromatic rings. The Labute approximate surface area is 331 Å². The molecule has 2 aliphatic rings. The number of benzene rings is 9. The monoisotopic (exact) mass is 725 g/mol. The minimum absolute atomic E-state index is 0.570. The highest BCUT2D eigenvalue weighted by atomic mass is 16.3. The summed E-state index contributed by atoms with van der Waals surface area (Å²) < 4.78 is 6.53. The Hall–Kier alpha value is -7.42. The zero-order chi connectivity index (χ0) is 37.5. The van der Waals surface area contributed by atoms with Gasteiger partial charge in [-0.05, 0) is 97.6 Å². The number of hydrogen-bond acceptors (Lipinski definition) is 2. The second-order valence-corrected chi connectivity index (χ2v) is 15.2. The molecular formula is C55H35NO. The van der Waals surface area contributed by atoms with Crippen molar-refractivity contribution in [2.24, 2.45) is 0 Å². The second kappa shape index (κ2) is 12.3. The number of rotatable bonds is 4. The molecule has 0 amide bonds. The molecule has 0 N–H and O–H groups in total. The van der Waals surface area contributed by atoms with Crippen molar-refractivity contribution >= 4 is 39.0 Å². The van der Waals surface area contributed by atoms with Crippen molar-refractivity contribution in [1.82, 2.24) is 0 Å². The molecule has 0 saturated carbocycles. The van der Waals surface area contributed by atoms with Crippen LogP contribution >= 0.6 is 0 Å². The van der Waals surface area contributed by atoms with E-state index in [1.165, 1.54) is 66.8 Å². The van der Waals surface area contributed by atoms with Gasteiger partial charge >= 0.3 is 0 Å². The minimum atomic E-state index is -0.570. The Morgan fingerprint density at radius 3 is 1.54 bits per heavy atom. The molecular weight excluding hydrogens is 691 g/mol. The van der Waals surface area contributed by atoms with Crippen LogP contribution in [-0.4, -0.2) is 0 Å². The highest BCUT2D eigenvalue weighted by Gasteiger charge is 2.50. The molecule has 1 spiro atoms. The van der Waals surface area contributed by atoms with Gasteiger partial charge in [0.1, 0.15) is 11.2 Å². The average molecular weight is 726 g/mol. The van der Waals surface area contributed by atoms with Crippen LogP contribution in [0.15, 0.2) is 217 Å². The molecule has 0 aliphatic heterocycles. The van der Waals surface area contributed by atoms with Gasteiger partial charge in [-0.25, -0.2) is 0 Å². The largest absolute Gasteiger partial charge is 0.456 e. The third-order valence-corrected chi connectivity index (χ3v) is 12.3. The summed E-state index contributed by atoms with van der Waals surface area (Å²) >= 11 is 0. The molecule has 266 valence electrons. The molecule has 1 heterocycles. The van der Waals surface area contributed by atoms with Crippen molar-refractivity contribution in [1.29, 1.82) is 0 Å². The molecule has 12 rings (SSSR count). The number of furan rings is 1. The van der Waals surface area contributed by atoms with Gasteiger partial charge < -0.3 is 9.32 Å². The average Bonchev–Trinajstić information content (AvgIpc) is 3.77. The van der Waals surface area contributed by atoms with Crippen LogP contribution in [0, 0.1) is 0 Å². The first kappa shape index (κ1) is 31.9. The number of hydrogen-bond donors (Lipinski definition) is 0. The highest BCUT2D eigenvalue weighted by Crippen LogP contribution is 2.63. The van der Waals surface area contributed by atoms with Gasteiger partial charge in [-0.1, -0.05) is 170 Å². The van der Waals surface area contributed by atoms with Crippen molar-refractivity contribution < 1.29 is 4.42 Å². The highest BCUT2D eigenvalue weighted by molar-refractivity contribution is 6.07. The fourth-order valence-corrected chi connectivity index (χ4v) is 9.98. The van der Waals surface area contributed by atoms with Crippen LogP contribution in [0.4, 0.5) is 17.1 Å². The smallest absolute Gasteiger partial charge is 0.137 e. The summed E-state index contributed by atoms with van der Waals surface area (Å²) in [5, 5.41) is 2.24. The van der Waals surface area contributed by atoms with E-state index in [0.717, 1.165) is 39.0 Å². The standard InChI is InChI=1S/C55H35NO/c1-2-15-36(16-3-1)37-29-31-38(32-30-37)56(39-33-34-45-44-21-9-13-28-52(44)57-53(45)35-39)51-27-14-26-50-54(51)46-22-8-12-25-49(46)55(50)47-23-10-6-19-42(47)40-17-4-5-18-41(40)43-20-7-11-24-48(43)55/h1-35H. The molecule has 0 fully saturated rings. The molecule has 0 bridgehead atoms. The van der Waals surface area contributed by atoms with E-state index < -0.39 is 5.41 Å². The zero-order valence-electron chi connectivity index (χ0n) is 31.1. The summed E-state index contributed by atoms with van der Waals surface area (Å²) in [5.41, 5.74) is 19.5. The molecule has 0 unspecified atom stereocenters. The molecule has 2 nitrogen and oxygen atoms in total. The van der Waals surface area contributed by atoms with Crippen LogP contribution in [0.3, 0.4) is 0 Å². The third-order valence-electron chi connectivity index (χ3n) is 12.3. The summed E-state index contributed by atoms with van der Waals surface area (Å²) in [4.78, 5) is 2.43. The fourth-order valence-electron chi connectivity index (χ4n) is 9.98. The van der Waals surface area contributed by atoms with Crippen LogP contribution in [0.25, 0.3) is 66.4 Å². The first-order valence-corrected chi connectivity index (χ1v) is 19.7. The fraction of sp³-hybridized carbons (Fsp3) is 0.0182. The van der Waals surface area contributed by atoms with Gasteiger partial charge in [-0.15, -0.1) is 0 Å². The predicted molar refractivity (Wildman–Crippen MR) is 236 cm³/mol. The molecule has 0 radical (unpaired) electrons. The molecule has 0 saturated heterocycles. The SMILES string of the molecule is c1ccc(-c2ccc(N(c3ccc4c(c3)oc3ccccc34)c3cccc4c3-c3ccccc3C43c4ccccc4-c4ccccc4-c4ccccc43)cc2)cc1. The van der Waals surface area contributed by atoms with E-state index in [4.69, 9.17) is 4.42 Å². The number of para-hydroxylation sites is 1. The topological polar surface area (TPSA) is 16.4 Å². The normalized spacial score (nSPS) is 13.1. The first-order chi connectivity index (χ1) is 28.3. The van der Waals surface area contributed by atoms with Crippen LogP contribution in [0.2, 0.25) is 0 Å². The Balaban J connectivity index is 1.16. The van der Waals surface area contributed by atoms with Crippen LogP contribution in [-0.2, 0) is 5.41 Å². The zero-order valence-corrected chi connectivity index (χ0v) is 31.1. The van der Waals surface area contributed by atoms with Gasteiger partial charge in [-0.2, -0.15) is 0 Å². The summed E-state index contributed by atoms with van der Waals surface area (Å²) in [5.74, 6) is 0. The molecule has 0 atom stereocenters. The molecule has 2 heteroatoms. The summed E-state index contributed by atoms with van der Waals surface area (Å²) in [6.07, 6.45) is 0. The Morgan fingerprint density at radius 1 is 0.333 bits per heavy atom. The van der Waals surface area contributed by atoms with E-state index in [9.17, 15) is 0 Å². The van der Waals surface area contributed by atoms with E-state index in [0.29, 0.717) is 0 Å². The van der Waals surface area contributed by atoms with Crippen molar-refractivity contribution in [3.8, 4) is 44.5 Å². The second-order valence-electron chi connectivity index (χ2n) is 15.2. The Kier molecular flexibility index (Phi) is 6.88. The third kappa shape index (κ3) is 4.53. The lowest BCUT2D eigenvalue weighted by atomic mass is 9.66. The molecule has 1 aromatic heterocycles. The van der Waals surface area contributed by atoms with E-state index in [1.54, 1.807) is 0 Å². The maximum Gasteiger partial charge on any atom is 0.137 e. The van der Waals surface area contributed by atoms with Crippen molar-refractivity contribution in [3.05, 3.63) is 235 Å². The number of anilines is 3. The first-order valence-electron chi connectivity index (χ1n) is 19.7. The maximum atomic E-state index is 6.53. The van der Waals surface area contributed by atoms with Crippen LogP contribution < -0.4 is 4.90 Å². The van der Waals surface area contributed by atoms with E-state index >= 15 is 0 Å². The van der Waals surface area contributed by atoms with E-state index in [2.05, 4.69) is 211 Å². The Bertz CT molecular complexity index is 3120. The van der Waals surface area contributed by atoms with Gasteiger partial charge in [0.05, 0.1) is 11.1 Å². The van der Waals surface area contributed by atoms with E-state index in [1.807, 2.05) is 6.07 Å². The Morgan fingerprint density at radius 2 is 0.842 bits per heavy atom. The van der Waals surface area contributed by atoms with Gasteiger partial charge in [0, 0.05) is 33.8 Å². The van der Waals surface area contributed by atoms with Crippen molar-refractivity contribution in [2.45, 2.75) is 5.41 Å². The van der Waals surface area contributed by atoms with Gasteiger partial charge in [0.2, 0.25) is 0 Å². The predicted octanol–water partition coefficient (Wildman–Crippen LogP) is 14.7. The van der Waals surface area contributed by atoms with Gasteiger partial charge in [0.15, 0.2) is 0 Å². The van der Waals surface area contributed by atoms with Crippen LogP contribution in [0.1, 0.15) is 22.3 Å². The summed E-state index contributed by atoms with van der Waals surface area (Å²) in [7, 11) is 0. The molecule has 2 aliphatic carbocycles. The minimum Gasteiger partial charge on any atom is -0.456 e. The van der Waals surface area contributed by atoms with Crippen molar-refractivity contribution in [3.63, 3.8) is 0 Å². The summed E-state index contributed by atoms with van der Waals surface area (Å²) in [6, 6.07) is 77.7. The maximum absolute atomic E-state index is 6.53. The quantitative estimate of drug-likeness (QED) is 0.180. The molecule has 57 heavy (non-hydrogen) atoms. The lowest BCUT2D eigenvalue weighted by molar-refractivity contribution is 0.669. The number of fused-ring (bicyclic) bond motifs is 15. The lowest BCUT2D eigenvalue weighted by Gasteiger charge is -2.35.